The van der Waals surface area contributed by atoms with Gasteiger partial charge in [-0.15, -0.1) is 0 Å². The molecule has 0 saturated heterocycles. The topological polar surface area (TPSA) is 25.8 Å². The van der Waals surface area contributed by atoms with Crippen molar-refractivity contribution in [3.8, 4) is 0 Å². The van der Waals surface area contributed by atoms with E-state index >= 15 is 0 Å². The zero-order valence-electron chi connectivity index (χ0n) is 6.31. The average Bonchev–Trinajstić information content (AvgIpc) is 1.94. The molecule has 0 aromatic carbocycles. The van der Waals surface area contributed by atoms with Crippen molar-refractivity contribution in [2.24, 2.45) is 0 Å². The van der Waals surface area contributed by atoms with E-state index < -0.39 is 6.43 Å². The van der Waals surface area contributed by atoms with Crippen molar-refractivity contribution in [1.29, 1.82) is 0 Å². The van der Waals surface area contributed by atoms with E-state index in [9.17, 15) is 8.78 Å². The summed E-state index contributed by atoms with van der Waals surface area (Å²) in [6, 6.07) is 1.35. The molecule has 0 unspecified atom stereocenters. The minimum absolute atomic E-state index is 0.0301. The summed E-state index contributed by atoms with van der Waals surface area (Å²) in [4.78, 5) is 0. The Bertz CT molecular complexity index is 261. The lowest BCUT2D eigenvalue weighted by atomic mass is 10.2. The maximum absolute atomic E-state index is 12.1. The van der Waals surface area contributed by atoms with Crippen LogP contribution >= 0.6 is 0 Å². The molecular weight excluding hydrogens is 150 g/mol. The first-order valence-electron chi connectivity index (χ1n) is 3.20. The molecule has 0 saturated carbocycles. The van der Waals surface area contributed by atoms with Gasteiger partial charge in [-0.3, -0.25) is 0 Å². The third kappa shape index (κ3) is 1.69. The van der Waals surface area contributed by atoms with Gasteiger partial charge < -0.3 is 0 Å². The van der Waals surface area contributed by atoms with Gasteiger partial charge in [0, 0.05) is 5.56 Å². The summed E-state index contributed by atoms with van der Waals surface area (Å²) in [5.41, 5.74) is 0.786. The highest BCUT2D eigenvalue weighted by atomic mass is 19.3. The van der Waals surface area contributed by atoms with Gasteiger partial charge in [0.25, 0.3) is 6.43 Å². The fourth-order valence-electron chi connectivity index (χ4n) is 0.791. The number of nitrogens with zero attached hydrogens (tertiary/aromatic N) is 2. The van der Waals surface area contributed by atoms with Gasteiger partial charge in [-0.25, -0.2) is 8.78 Å². The maximum atomic E-state index is 12.1. The molecule has 11 heavy (non-hydrogen) atoms. The van der Waals surface area contributed by atoms with Crippen molar-refractivity contribution in [2.75, 3.05) is 0 Å². The van der Waals surface area contributed by atoms with Gasteiger partial charge in [-0.05, 0) is 19.9 Å². The van der Waals surface area contributed by atoms with Crippen molar-refractivity contribution in [1.82, 2.24) is 10.2 Å². The molecule has 0 N–H and O–H groups in total. The Kier molecular flexibility index (Phi) is 2.12. The molecule has 0 amide bonds. The molecule has 1 aromatic rings. The smallest absolute Gasteiger partial charge is 0.205 e. The van der Waals surface area contributed by atoms with E-state index in [0.29, 0.717) is 11.4 Å². The van der Waals surface area contributed by atoms with Crippen LogP contribution in [0, 0.1) is 13.8 Å². The molecule has 4 heteroatoms. The summed E-state index contributed by atoms with van der Waals surface area (Å²) in [7, 11) is 0. The van der Waals surface area contributed by atoms with Crippen LogP contribution in [0.25, 0.3) is 0 Å². The first-order chi connectivity index (χ1) is 5.11. The third-order valence-electron chi connectivity index (χ3n) is 1.37. The van der Waals surface area contributed by atoms with Crippen molar-refractivity contribution in [3.63, 3.8) is 0 Å². The van der Waals surface area contributed by atoms with Crippen LogP contribution in [-0.4, -0.2) is 10.2 Å². The van der Waals surface area contributed by atoms with Gasteiger partial charge in [0.1, 0.15) is 0 Å². The lowest BCUT2D eigenvalue weighted by molar-refractivity contribution is 0.149. The van der Waals surface area contributed by atoms with Crippen LogP contribution in [0.1, 0.15) is 23.4 Å². The Morgan fingerprint density at radius 3 is 2.36 bits per heavy atom. The minimum atomic E-state index is -2.45. The molecular formula is C7H8F2N2. The molecule has 2 nitrogen and oxygen atoms in total. The minimum Gasteiger partial charge on any atom is -0.205 e. The van der Waals surface area contributed by atoms with E-state index in [1.54, 1.807) is 6.92 Å². The molecule has 0 radical (unpaired) electrons. The highest BCUT2D eigenvalue weighted by Crippen LogP contribution is 2.20. The summed E-state index contributed by atoms with van der Waals surface area (Å²) < 4.78 is 24.3. The predicted molar refractivity (Wildman–Crippen MR) is 36.5 cm³/mol. The van der Waals surface area contributed by atoms with Gasteiger partial charge in [-0.1, -0.05) is 0 Å². The molecule has 0 bridgehead atoms. The molecule has 1 heterocycles. The van der Waals surface area contributed by atoms with Crippen LogP contribution in [0.15, 0.2) is 6.07 Å². The van der Waals surface area contributed by atoms with Crippen LogP contribution in [-0.2, 0) is 0 Å². The van der Waals surface area contributed by atoms with Crippen molar-refractivity contribution >= 4 is 0 Å². The van der Waals surface area contributed by atoms with E-state index in [-0.39, 0.29) is 5.56 Å². The second-order valence-electron chi connectivity index (χ2n) is 2.33. The van der Waals surface area contributed by atoms with Gasteiger partial charge in [0.2, 0.25) is 0 Å². The van der Waals surface area contributed by atoms with Gasteiger partial charge in [0.05, 0.1) is 11.4 Å². The number of aryl methyl sites for hydroxylation is 2. The molecule has 0 aliphatic rings. The van der Waals surface area contributed by atoms with E-state index in [4.69, 9.17) is 0 Å². The monoisotopic (exact) mass is 158 g/mol. The fourth-order valence-corrected chi connectivity index (χ4v) is 0.791. The Balaban J connectivity index is 3.13. The molecule has 60 valence electrons. The Labute approximate surface area is 63.3 Å². The number of alkyl halides is 2. The number of aromatic nitrogens is 2. The molecule has 0 atom stereocenters. The summed E-state index contributed by atoms with van der Waals surface area (Å²) in [5, 5.41) is 7.21. The zero-order chi connectivity index (χ0) is 8.43. The highest BCUT2D eigenvalue weighted by Gasteiger charge is 2.11. The van der Waals surface area contributed by atoms with Gasteiger partial charge >= 0.3 is 0 Å². The molecule has 1 aromatic heterocycles. The first-order valence-corrected chi connectivity index (χ1v) is 3.20. The molecule has 0 aliphatic carbocycles. The quantitative estimate of drug-likeness (QED) is 0.624. The van der Waals surface area contributed by atoms with Crippen LogP contribution in [0.5, 0.6) is 0 Å². The number of rotatable bonds is 1. The van der Waals surface area contributed by atoms with Crippen molar-refractivity contribution in [3.05, 3.63) is 23.0 Å². The number of halogens is 2. The highest BCUT2D eigenvalue weighted by molar-refractivity contribution is 5.20. The van der Waals surface area contributed by atoms with Crippen LogP contribution in [0.3, 0.4) is 0 Å². The van der Waals surface area contributed by atoms with Crippen molar-refractivity contribution in [2.45, 2.75) is 20.3 Å². The van der Waals surface area contributed by atoms with E-state index in [1.165, 1.54) is 13.0 Å². The second kappa shape index (κ2) is 2.90. The van der Waals surface area contributed by atoms with Crippen molar-refractivity contribution < 1.29 is 8.78 Å². The molecule has 1 rings (SSSR count). The normalized spacial score (nSPS) is 10.6. The third-order valence-corrected chi connectivity index (χ3v) is 1.37. The average molecular weight is 158 g/mol. The maximum Gasteiger partial charge on any atom is 0.265 e. The Hall–Kier alpha value is -1.06. The predicted octanol–water partition coefficient (Wildman–Crippen LogP) is 2.03. The van der Waals surface area contributed by atoms with E-state index in [1.807, 2.05) is 0 Å². The molecule has 0 spiro atoms. The van der Waals surface area contributed by atoms with Crippen LogP contribution < -0.4 is 0 Å². The van der Waals surface area contributed by atoms with Gasteiger partial charge in [0.15, 0.2) is 0 Å². The fraction of sp³-hybridized carbons (Fsp3) is 0.429. The second-order valence-corrected chi connectivity index (χ2v) is 2.33. The van der Waals surface area contributed by atoms with Crippen LogP contribution in [0.2, 0.25) is 0 Å². The lowest BCUT2D eigenvalue weighted by Crippen LogP contribution is -1.97. The van der Waals surface area contributed by atoms with E-state index in [2.05, 4.69) is 10.2 Å². The van der Waals surface area contributed by atoms with Gasteiger partial charge in [-0.2, -0.15) is 10.2 Å². The summed E-state index contributed by atoms with van der Waals surface area (Å²) in [6.45, 7) is 3.16. The van der Waals surface area contributed by atoms with Crippen LogP contribution in [0.4, 0.5) is 8.78 Å². The number of hydrogen-bond acceptors (Lipinski definition) is 2. The Morgan fingerprint density at radius 1 is 1.27 bits per heavy atom. The Morgan fingerprint density at radius 2 is 1.91 bits per heavy atom. The van der Waals surface area contributed by atoms with E-state index in [0.717, 1.165) is 0 Å². The largest absolute Gasteiger partial charge is 0.265 e. The summed E-state index contributed by atoms with van der Waals surface area (Å²) >= 11 is 0. The summed E-state index contributed by atoms with van der Waals surface area (Å²) in [5.74, 6) is 0. The molecule has 0 fully saturated rings. The SMILES string of the molecule is Cc1cc(C(F)F)c(C)nn1. The zero-order valence-corrected chi connectivity index (χ0v) is 6.31. The number of hydrogen-bond donors (Lipinski definition) is 0. The first kappa shape index (κ1) is 8.04. The molecule has 0 aliphatic heterocycles. The summed E-state index contributed by atoms with van der Waals surface area (Å²) in [6.07, 6.45) is -2.45. The lowest BCUT2D eigenvalue weighted by Gasteiger charge is -2.02. The standard InChI is InChI=1S/C7H8F2N2/c1-4-3-6(7(8)9)5(2)11-10-4/h3,7H,1-2H3.